The summed E-state index contributed by atoms with van der Waals surface area (Å²) >= 11 is 7.60. The van der Waals surface area contributed by atoms with Crippen molar-refractivity contribution in [2.24, 2.45) is 0 Å². The standard InChI is InChI=1S/C10H20Br2/c1-5-9(4,11)8-10(12,6-2)7-3/h5-8H2,1-4H3. The Hall–Kier alpha value is 0.960. The van der Waals surface area contributed by atoms with Crippen LogP contribution in [0.1, 0.15) is 53.4 Å². The Morgan fingerprint density at radius 1 is 0.917 bits per heavy atom. The number of alkyl halides is 2. The lowest BCUT2D eigenvalue weighted by Gasteiger charge is -2.32. The average Bonchev–Trinajstić information content (AvgIpc) is 2.04. The van der Waals surface area contributed by atoms with Gasteiger partial charge >= 0.3 is 0 Å². The van der Waals surface area contributed by atoms with Gasteiger partial charge in [0, 0.05) is 8.65 Å². The molecular formula is C10H20Br2. The topological polar surface area (TPSA) is 0 Å². The second-order valence-corrected chi connectivity index (χ2v) is 7.40. The number of rotatable bonds is 5. The van der Waals surface area contributed by atoms with E-state index in [1.54, 1.807) is 0 Å². The average molecular weight is 300 g/mol. The normalized spacial score (nSPS) is 17.5. The molecular weight excluding hydrogens is 280 g/mol. The van der Waals surface area contributed by atoms with Gasteiger partial charge in [-0.25, -0.2) is 0 Å². The van der Waals surface area contributed by atoms with Crippen molar-refractivity contribution in [2.75, 3.05) is 0 Å². The van der Waals surface area contributed by atoms with Gasteiger partial charge in [-0.05, 0) is 32.6 Å². The Morgan fingerprint density at radius 3 is 1.58 bits per heavy atom. The van der Waals surface area contributed by atoms with E-state index in [2.05, 4.69) is 59.6 Å². The molecule has 0 radical (unpaired) electrons. The van der Waals surface area contributed by atoms with Gasteiger partial charge in [-0.15, -0.1) is 0 Å². The minimum absolute atomic E-state index is 0.294. The molecule has 0 nitrogen and oxygen atoms in total. The molecule has 0 rings (SSSR count). The molecule has 0 heterocycles. The molecule has 2 heteroatoms. The van der Waals surface area contributed by atoms with Crippen molar-refractivity contribution in [3.63, 3.8) is 0 Å². The van der Waals surface area contributed by atoms with E-state index in [1.165, 1.54) is 25.7 Å². The molecule has 1 atom stereocenters. The highest BCUT2D eigenvalue weighted by atomic mass is 79.9. The molecule has 0 aliphatic carbocycles. The molecule has 0 spiro atoms. The van der Waals surface area contributed by atoms with Gasteiger partial charge in [-0.3, -0.25) is 0 Å². The van der Waals surface area contributed by atoms with Gasteiger partial charge in [0.1, 0.15) is 0 Å². The molecule has 0 saturated carbocycles. The van der Waals surface area contributed by atoms with Crippen LogP contribution < -0.4 is 0 Å². The van der Waals surface area contributed by atoms with Crippen LogP contribution in [0.4, 0.5) is 0 Å². The van der Waals surface area contributed by atoms with Crippen LogP contribution in [0.15, 0.2) is 0 Å². The van der Waals surface area contributed by atoms with Crippen LogP contribution in [-0.2, 0) is 0 Å². The van der Waals surface area contributed by atoms with E-state index < -0.39 is 0 Å². The SMILES string of the molecule is CCC(C)(Br)CC(Br)(CC)CC. The van der Waals surface area contributed by atoms with Crippen molar-refractivity contribution in [1.29, 1.82) is 0 Å². The Bertz CT molecular complexity index is 126. The first-order valence-electron chi connectivity index (χ1n) is 4.77. The zero-order valence-electron chi connectivity index (χ0n) is 8.58. The van der Waals surface area contributed by atoms with Crippen LogP contribution in [0.5, 0.6) is 0 Å². The van der Waals surface area contributed by atoms with E-state index in [-0.39, 0.29) is 0 Å². The van der Waals surface area contributed by atoms with Gasteiger partial charge in [0.2, 0.25) is 0 Å². The molecule has 0 bridgehead atoms. The smallest absolute Gasteiger partial charge is 0.0266 e. The Kier molecular flexibility index (Phi) is 5.39. The zero-order chi connectivity index (χ0) is 9.83. The van der Waals surface area contributed by atoms with Crippen LogP contribution in [-0.4, -0.2) is 8.65 Å². The zero-order valence-corrected chi connectivity index (χ0v) is 11.8. The fourth-order valence-corrected chi connectivity index (χ4v) is 2.82. The molecule has 0 aliphatic heterocycles. The summed E-state index contributed by atoms with van der Waals surface area (Å²) in [6.45, 7) is 9.00. The van der Waals surface area contributed by atoms with Crippen molar-refractivity contribution in [3.05, 3.63) is 0 Å². The van der Waals surface area contributed by atoms with E-state index in [1.807, 2.05) is 0 Å². The van der Waals surface area contributed by atoms with E-state index in [0.717, 1.165) is 0 Å². The van der Waals surface area contributed by atoms with Crippen molar-refractivity contribution in [1.82, 2.24) is 0 Å². The summed E-state index contributed by atoms with van der Waals surface area (Å²) in [6.07, 6.45) is 4.78. The van der Waals surface area contributed by atoms with Gasteiger partial charge in [0.05, 0.1) is 0 Å². The van der Waals surface area contributed by atoms with E-state index >= 15 is 0 Å². The van der Waals surface area contributed by atoms with Crippen molar-refractivity contribution >= 4 is 31.9 Å². The number of halogens is 2. The van der Waals surface area contributed by atoms with Crippen molar-refractivity contribution in [2.45, 2.75) is 62.0 Å². The maximum atomic E-state index is 3.83. The van der Waals surface area contributed by atoms with E-state index in [9.17, 15) is 0 Å². The Morgan fingerprint density at radius 2 is 1.33 bits per heavy atom. The molecule has 74 valence electrons. The second kappa shape index (κ2) is 4.99. The molecule has 0 aromatic carbocycles. The first kappa shape index (κ1) is 13.0. The van der Waals surface area contributed by atoms with Gasteiger partial charge in [0.25, 0.3) is 0 Å². The highest BCUT2D eigenvalue weighted by molar-refractivity contribution is 9.10. The molecule has 1 unspecified atom stereocenters. The van der Waals surface area contributed by atoms with Gasteiger partial charge < -0.3 is 0 Å². The quantitative estimate of drug-likeness (QED) is 0.634. The number of hydrogen-bond acceptors (Lipinski definition) is 0. The molecule has 0 aromatic heterocycles. The maximum Gasteiger partial charge on any atom is 0.0266 e. The number of hydrogen-bond donors (Lipinski definition) is 0. The summed E-state index contributed by atoms with van der Waals surface area (Å²) in [4.78, 5) is 0. The van der Waals surface area contributed by atoms with Gasteiger partial charge in [0.15, 0.2) is 0 Å². The summed E-state index contributed by atoms with van der Waals surface area (Å²) in [5.74, 6) is 0. The van der Waals surface area contributed by atoms with Crippen molar-refractivity contribution in [3.8, 4) is 0 Å². The first-order valence-corrected chi connectivity index (χ1v) is 6.35. The van der Waals surface area contributed by atoms with Gasteiger partial charge in [-0.1, -0.05) is 52.6 Å². The Labute approximate surface area is 93.8 Å². The summed E-state index contributed by atoms with van der Waals surface area (Å²) in [7, 11) is 0. The molecule has 0 saturated heterocycles. The molecule has 0 N–H and O–H groups in total. The van der Waals surface area contributed by atoms with Crippen LogP contribution in [0.3, 0.4) is 0 Å². The molecule has 0 aromatic rings. The lowest BCUT2D eigenvalue weighted by Crippen LogP contribution is -2.29. The summed E-state index contributed by atoms with van der Waals surface area (Å²) < 4.78 is 0.629. The fourth-order valence-electron chi connectivity index (χ4n) is 1.29. The maximum absolute atomic E-state index is 3.83. The van der Waals surface area contributed by atoms with Crippen LogP contribution in [0, 0.1) is 0 Å². The lowest BCUT2D eigenvalue weighted by molar-refractivity contribution is 0.444. The summed E-state index contributed by atoms with van der Waals surface area (Å²) in [5.41, 5.74) is 0. The van der Waals surface area contributed by atoms with E-state index in [4.69, 9.17) is 0 Å². The van der Waals surface area contributed by atoms with E-state index in [0.29, 0.717) is 8.65 Å². The third-order valence-corrected chi connectivity index (χ3v) is 4.93. The first-order chi connectivity index (χ1) is 5.39. The second-order valence-electron chi connectivity index (χ2n) is 3.80. The van der Waals surface area contributed by atoms with Crippen molar-refractivity contribution < 1.29 is 0 Å². The monoisotopic (exact) mass is 298 g/mol. The van der Waals surface area contributed by atoms with Crippen LogP contribution >= 0.6 is 31.9 Å². The summed E-state index contributed by atoms with van der Waals surface area (Å²) in [6, 6.07) is 0. The highest BCUT2D eigenvalue weighted by Crippen LogP contribution is 2.40. The highest BCUT2D eigenvalue weighted by Gasteiger charge is 2.31. The third kappa shape index (κ3) is 4.27. The molecule has 0 aliphatic rings. The minimum atomic E-state index is 0.294. The van der Waals surface area contributed by atoms with Crippen LogP contribution in [0.2, 0.25) is 0 Å². The third-order valence-electron chi connectivity index (χ3n) is 2.69. The predicted molar refractivity (Wildman–Crippen MR) is 64.5 cm³/mol. The van der Waals surface area contributed by atoms with Gasteiger partial charge in [-0.2, -0.15) is 0 Å². The molecule has 0 amide bonds. The summed E-state index contributed by atoms with van der Waals surface area (Å²) in [5, 5.41) is 0. The fraction of sp³-hybridized carbons (Fsp3) is 1.00. The molecule has 0 fully saturated rings. The largest absolute Gasteiger partial charge is 0.0856 e. The van der Waals surface area contributed by atoms with Crippen LogP contribution in [0.25, 0.3) is 0 Å². The lowest BCUT2D eigenvalue weighted by atomic mass is 9.90. The minimum Gasteiger partial charge on any atom is -0.0856 e. The molecule has 12 heavy (non-hydrogen) atoms. The Balaban J connectivity index is 4.20. The predicted octanol–water partition coefficient (Wildman–Crippen LogP) is 4.89.